The number of hydrogen-bond acceptors (Lipinski definition) is 7. The molecular formula is C22H23FN4O4S. The molecule has 0 bridgehead atoms. The van der Waals surface area contributed by atoms with Gasteiger partial charge in [-0.25, -0.2) is 12.8 Å². The molecule has 168 valence electrons. The number of hydrogen-bond donors (Lipinski definition) is 0. The molecule has 0 atom stereocenters. The topological polar surface area (TPSA) is 84.9 Å². The summed E-state index contributed by atoms with van der Waals surface area (Å²) in [7, 11) is -0.831. The van der Waals surface area contributed by atoms with Crippen LogP contribution in [0.4, 0.5) is 10.2 Å². The summed E-state index contributed by atoms with van der Waals surface area (Å²) in [6, 6.07) is 14.4. The Morgan fingerprint density at radius 3 is 2.19 bits per heavy atom. The van der Waals surface area contributed by atoms with Gasteiger partial charge in [-0.3, -0.25) is 0 Å². The minimum atomic E-state index is -3.75. The quantitative estimate of drug-likeness (QED) is 0.562. The first-order valence-electron chi connectivity index (χ1n) is 9.99. The van der Waals surface area contributed by atoms with Gasteiger partial charge < -0.3 is 14.4 Å². The van der Waals surface area contributed by atoms with E-state index < -0.39 is 10.0 Å². The Kier molecular flexibility index (Phi) is 6.24. The van der Waals surface area contributed by atoms with Crippen LogP contribution >= 0.6 is 0 Å². The smallest absolute Gasteiger partial charge is 0.247 e. The van der Waals surface area contributed by atoms with Gasteiger partial charge in [0.1, 0.15) is 22.2 Å². The average Bonchev–Trinajstić information content (AvgIpc) is 2.84. The predicted octanol–water partition coefficient (Wildman–Crippen LogP) is 2.81. The molecule has 8 nitrogen and oxygen atoms in total. The van der Waals surface area contributed by atoms with Gasteiger partial charge in [0.25, 0.3) is 0 Å². The highest BCUT2D eigenvalue weighted by Crippen LogP contribution is 2.31. The van der Waals surface area contributed by atoms with Crippen LogP contribution in [-0.2, 0) is 10.0 Å². The van der Waals surface area contributed by atoms with Crippen LogP contribution in [0.2, 0.25) is 0 Å². The molecule has 1 aliphatic heterocycles. The van der Waals surface area contributed by atoms with Crippen LogP contribution in [0.5, 0.6) is 11.5 Å². The highest BCUT2D eigenvalue weighted by molar-refractivity contribution is 7.89. The van der Waals surface area contributed by atoms with Crippen LogP contribution in [0, 0.1) is 5.82 Å². The van der Waals surface area contributed by atoms with Crippen LogP contribution in [0.25, 0.3) is 11.3 Å². The second-order valence-corrected chi connectivity index (χ2v) is 9.10. The standard InChI is InChI=1S/C22H23FN4O4S/c1-30-18-7-9-20(31-2)21(15-18)32(28,29)27-13-11-26(12-14-27)22-10-8-19(24-25-22)16-3-5-17(23)6-4-16/h3-10,15H,11-14H2,1-2H3. The summed E-state index contributed by atoms with van der Waals surface area (Å²) >= 11 is 0. The minimum Gasteiger partial charge on any atom is -0.497 e. The Labute approximate surface area is 186 Å². The Hall–Kier alpha value is -3.24. The summed E-state index contributed by atoms with van der Waals surface area (Å²) in [6.07, 6.45) is 0. The molecule has 0 aliphatic carbocycles. The molecule has 2 heterocycles. The summed E-state index contributed by atoms with van der Waals surface area (Å²) in [5.41, 5.74) is 1.41. The summed E-state index contributed by atoms with van der Waals surface area (Å²) in [5, 5.41) is 8.51. The van der Waals surface area contributed by atoms with Crippen molar-refractivity contribution in [3.8, 4) is 22.8 Å². The fourth-order valence-electron chi connectivity index (χ4n) is 3.55. The maximum absolute atomic E-state index is 13.2. The molecule has 0 unspecified atom stereocenters. The first-order valence-corrected chi connectivity index (χ1v) is 11.4. The van der Waals surface area contributed by atoms with Crippen molar-refractivity contribution in [3.63, 3.8) is 0 Å². The van der Waals surface area contributed by atoms with E-state index in [0.29, 0.717) is 43.4 Å². The lowest BCUT2D eigenvalue weighted by molar-refractivity contribution is 0.370. The van der Waals surface area contributed by atoms with Gasteiger partial charge in [0.15, 0.2) is 5.82 Å². The zero-order valence-corrected chi connectivity index (χ0v) is 18.5. The number of piperazine rings is 1. The maximum atomic E-state index is 13.2. The molecule has 4 rings (SSSR count). The molecule has 0 radical (unpaired) electrons. The van der Waals surface area contributed by atoms with Gasteiger partial charge in [-0.2, -0.15) is 4.31 Å². The highest BCUT2D eigenvalue weighted by atomic mass is 32.2. The molecule has 1 aliphatic rings. The lowest BCUT2D eigenvalue weighted by Gasteiger charge is -2.34. The van der Waals surface area contributed by atoms with E-state index in [4.69, 9.17) is 9.47 Å². The van der Waals surface area contributed by atoms with Crippen molar-refractivity contribution in [1.29, 1.82) is 0 Å². The molecule has 32 heavy (non-hydrogen) atoms. The number of methoxy groups -OCH3 is 2. The molecule has 2 aromatic carbocycles. The van der Waals surface area contributed by atoms with Gasteiger partial charge in [-0.1, -0.05) is 0 Å². The molecule has 0 saturated carbocycles. The van der Waals surface area contributed by atoms with Crippen molar-refractivity contribution in [1.82, 2.24) is 14.5 Å². The Bertz CT molecular complexity index is 1180. The van der Waals surface area contributed by atoms with Crippen molar-refractivity contribution < 1.29 is 22.3 Å². The van der Waals surface area contributed by atoms with Crippen molar-refractivity contribution in [2.24, 2.45) is 0 Å². The first-order chi connectivity index (χ1) is 15.4. The van der Waals surface area contributed by atoms with E-state index in [2.05, 4.69) is 10.2 Å². The second-order valence-electron chi connectivity index (χ2n) is 7.19. The van der Waals surface area contributed by atoms with Crippen molar-refractivity contribution in [2.75, 3.05) is 45.3 Å². The Morgan fingerprint density at radius 1 is 0.875 bits per heavy atom. The summed E-state index contributed by atoms with van der Waals surface area (Å²) < 4.78 is 51.4. The van der Waals surface area contributed by atoms with Gasteiger partial charge in [-0.05, 0) is 48.5 Å². The van der Waals surface area contributed by atoms with E-state index in [1.807, 2.05) is 17.0 Å². The lowest BCUT2D eigenvalue weighted by atomic mass is 10.1. The van der Waals surface area contributed by atoms with Crippen LogP contribution in [0.15, 0.2) is 59.5 Å². The fraction of sp³-hybridized carbons (Fsp3) is 0.273. The number of anilines is 1. The second kappa shape index (κ2) is 9.09. The number of rotatable bonds is 6. The average molecular weight is 459 g/mol. The molecule has 1 aromatic heterocycles. The number of halogens is 1. The van der Waals surface area contributed by atoms with Crippen molar-refractivity contribution in [3.05, 3.63) is 60.4 Å². The molecule has 0 N–H and O–H groups in total. The number of sulfonamides is 1. The summed E-state index contributed by atoms with van der Waals surface area (Å²) in [4.78, 5) is 2.06. The predicted molar refractivity (Wildman–Crippen MR) is 118 cm³/mol. The molecule has 1 fully saturated rings. The minimum absolute atomic E-state index is 0.0799. The largest absolute Gasteiger partial charge is 0.497 e. The maximum Gasteiger partial charge on any atom is 0.247 e. The first kappa shape index (κ1) is 22.0. The van der Waals surface area contributed by atoms with E-state index in [1.165, 1.54) is 36.7 Å². The Balaban J connectivity index is 1.46. The van der Waals surface area contributed by atoms with Crippen molar-refractivity contribution >= 4 is 15.8 Å². The number of aromatic nitrogens is 2. The van der Waals surface area contributed by atoms with E-state index in [0.717, 1.165) is 5.56 Å². The third-order valence-corrected chi connectivity index (χ3v) is 7.26. The molecule has 1 saturated heterocycles. The van der Waals surface area contributed by atoms with Gasteiger partial charge in [0, 0.05) is 37.8 Å². The van der Waals surface area contributed by atoms with Crippen LogP contribution < -0.4 is 14.4 Å². The zero-order valence-electron chi connectivity index (χ0n) is 17.7. The number of ether oxygens (including phenoxy) is 2. The Morgan fingerprint density at radius 2 is 1.59 bits per heavy atom. The molecule has 0 amide bonds. The fourth-order valence-corrected chi connectivity index (χ4v) is 5.14. The third-order valence-electron chi connectivity index (χ3n) is 5.34. The van der Waals surface area contributed by atoms with Gasteiger partial charge in [0.2, 0.25) is 10.0 Å². The van der Waals surface area contributed by atoms with E-state index in [9.17, 15) is 12.8 Å². The van der Waals surface area contributed by atoms with Crippen LogP contribution in [0.1, 0.15) is 0 Å². The SMILES string of the molecule is COc1ccc(OC)c(S(=O)(=O)N2CCN(c3ccc(-c4ccc(F)cc4)nn3)CC2)c1. The van der Waals surface area contributed by atoms with Gasteiger partial charge in [-0.15, -0.1) is 10.2 Å². The highest BCUT2D eigenvalue weighted by Gasteiger charge is 2.31. The lowest BCUT2D eigenvalue weighted by Crippen LogP contribution is -2.49. The van der Waals surface area contributed by atoms with E-state index in [1.54, 1.807) is 24.3 Å². The molecule has 3 aromatic rings. The van der Waals surface area contributed by atoms with Gasteiger partial charge in [0.05, 0.1) is 19.9 Å². The molecular weight excluding hydrogens is 435 g/mol. The third kappa shape index (κ3) is 4.37. The summed E-state index contributed by atoms with van der Waals surface area (Å²) in [6.45, 7) is 1.53. The number of benzene rings is 2. The van der Waals surface area contributed by atoms with E-state index in [-0.39, 0.29) is 16.5 Å². The van der Waals surface area contributed by atoms with Crippen LogP contribution in [-0.4, -0.2) is 63.3 Å². The normalized spacial score (nSPS) is 14.9. The monoisotopic (exact) mass is 458 g/mol. The van der Waals surface area contributed by atoms with Gasteiger partial charge >= 0.3 is 0 Å². The molecule has 10 heteroatoms. The number of nitrogens with zero attached hydrogens (tertiary/aromatic N) is 4. The summed E-state index contributed by atoms with van der Waals surface area (Å²) in [5.74, 6) is 1.07. The van der Waals surface area contributed by atoms with E-state index >= 15 is 0 Å². The van der Waals surface area contributed by atoms with Crippen molar-refractivity contribution in [2.45, 2.75) is 4.90 Å². The molecule has 0 spiro atoms. The zero-order chi connectivity index (χ0) is 22.7. The van der Waals surface area contributed by atoms with Crippen LogP contribution in [0.3, 0.4) is 0 Å².